The summed E-state index contributed by atoms with van der Waals surface area (Å²) in [5, 5.41) is 10.9. The van der Waals surface area contributed by atoms with Crippen molar-refractivity contribution >= 4 is 23.5 Å². The number of methoxy groups -OCH3 is 1. The third-order valence-corrected chi connectivity index (χ3v) is 5.66. The first-order valence-electron chi connectivity index (χ1n) is 10.8. The van der Waals surface area contributed by atoms with Gasteiger partial charge in [-0.2, -0.15) is 0 Å². The van der Waals surface area contributed by atoms with Crippen molar-refractivity contribution in [2.75, 3.05) is 25.1 Å². The number of fused-ring (bicyclic) bond motifs is 1. The van der Waals surface area contributed by atoms with Crippen molar-refractivity contribution in [1.29, 1.82) is 0 Å². The van der Waals surface area contributed by atoms with Crippen LogP contribution in [-0.4, -0.2) is 57.9 Å². The Kier molecular flexibility index (Phi) is 5.73. The van der Waals surface area contributed by atoms with Gasteiger partial charge in [0, 0.05) is 24.9 Å². The van der Waals surface area contributed by atoms with Gasteiger partial charge in [0.05, 0.1) is 31.5 Å². The third kappa shape index (κ3) is 4.23. The molecule has 35 heavy (non-hydrogen) atoms. The van der Waals surface area contributed by atoms with E-state index in [-0.39, 0.29) is 19.0 Å². The van der Waals surface area contributed by atoms with Crippen molar-refractivity contribution in [3.8, 4) is 28.3 Å². The van der Waals surface area contributed by atoms with Gasteiger partial charge >= 0.3 is 6.09 Å². The van der Waals surface area contributed by atoms with Gasteiger partial charge in [0.2, 0.25) is 5.91 Å². The highest BCUT2D eigenvalue weighted by molar-refractivity contribution is 5.90. The second kappa shape index (κ2) is 9.01. The maximum absolute atomic E-state index is 15.3. The van der Waals surface area contributed by atoms with Gasteiger partial charge in [0.1, 0.15) is 17.7 Å². The van der Waals surface area contributed by atoms with Crippen LogP contribution < -0.4 is 15.0 Å². The predicted molar refractivity (Wildman–Crippen MR) is 124 cm³/mol. The Labute approximate surface area is 199 Å². The van der Waals surface area contributed by atoms with Crippen LogP contribution in [0.25, 0.3) is 28.3 Å². The number of nitrogens with zero attached hydrogens (tertiary/aromatic N) is 5. The molecule has 2 aromatic heterocycles. The molecule has 4 aromatic rings. The van der Waals surface area contributed by atoms with Crippen LogP contribution in [0.1, 0.15) is 6.92 Å². The molecule has 2 aromatic carbocycles. The third-order valence-electron chi connectivity index (χ3n) is 5.66. The van der Waals surface area contributed by atoms with E-state index >= 15 is 4.39 Å². The summed E-state index contributed by atoms with van der Waals surface area (Å²) in [5.74, 6) is 0.760. The minimum atomic E-state index is -0.591. The van der Waals surface area contributed by atoms with Gasteiger partial charge in [-0.3, -0.25) is 14.1 Å². The summed E-state index contributed by atoms with van der Waals surface area (Å²) >= 11 is 0. The molecular formula is C24H21FN6O4. The predicted octanol–water partition coefficient (Wildman–Crippen LogP) is 3.07. The number of nitrogens with one attached hydrogen (secondary N) is 1. The topological polar surface area (TPSA) is 111 Å². The van der Waals surface area contributed by atoms with Crippen LogP contribution in [0, 0.1) is 5.82 Å². The molecule has 3 heterocycles. The minimum absolute atomic E-state index is 0.194. The number of hydrogen-bond acceptors (Lipinski definition) is 7. The molecule has 1 fully saturated rings. The highest BCUT2D eigenvalue weighted by atomic mass is 19.1. The second-order valence-corrected chi connectivity index (χ2v) is 7.95. The molecule has 2 amide bonds. The van der Waals surface area contributed by atoms with E-state index in [0.717, 1.165) is 0 Å². The molecule has 5 rings (SSSR count). The molecule has 11 heteroatoms. The van der Waals surface area contributed by atoms with Crippen LogP contribution in [0.3, 0.4) is 0 Å². The van der Waals surface area contributed by atoms with E-state index < -0.39 is 18.0 Å². The number of anilines is 1. The molecule has 0 aliphatic carbocycles. The number of benzene rings is 2. The van der Waals surface area contributed by atoms with E-state index in [0.29, 0.717) is 39.7 Å². The first kappa shape index (κ1) is 22.3. The average Bonchev–Trinajstić information content (AvgIpc) is 3.45. The Balaban J connectivity index is 1.46. The highest BCUT2D eigenvalue weighted by Crippen LogP contribution is 2.35. The SMILES string of the molecule is COc1ccc(-c2ccc(N3C[C@H](CNC(C)=O)OC3=O)cc2F)cc1-c1nnc2ncccn12. The first-order valence-corrected chi connectivity index (χ1v) is 10.8. The first-order chi connectivity index (χ1) is 16.9. The summed E-state index contributed by atoms with van der Waals surface area (Å²) in [6.07, 6.45) is 2.31. The average molecular weight is 476 g/mol. The molecule has 1 aliphatic rings. The number of ether oxygens (including phenoxy) is 2. The summed E-state index contributed by atoms with van der Waals surface area (Å²) in [4.78, 5) is 28.9. The normalized spacial score (nSPS) is 15.3. The summed E-state index contributed by atoms with van der Waals surface area (Å²) in [6, 6.07) is 11.6. The lowest BCUT2D eigenvalue weighted by molar-refractivity contribution is -0.119. The Hall–Kier alpha value is -4.54. The van der Waals surface area contributed by atoms with Crippen LogP contribution >= 0.6 is 0 Å². The largest absolute Gasteiger partial charge is 0.496 e. The van der Waals surface area contributed by atoms with E-state index in [9.17, 15) is 9.59 Å². The van der Waals surface area contributed by atoms with Crippen LogP contribution in [0.15, 0.2) is 54.9 Å². The number of hydrogen-bond donors (Lipinski definition) is 1. The number of aromatic nitrogens is 4. The second-order valence-electron chi connectivity index (χ2n) is 7.95. The molecule has 1 N–H and O–H groups in total. The molecule has 178 valence electrons. The fraction of sp³-hybridized carbons (Fsp3) is 0.208. The molecule has 0 bridgehead atoms. The Bertz CT molecular complexity index is 1440. The summed E-state index contributed by atoms with van der Waals surface area (Å²) in [7, 11) is 1.55. The fourth-order valence-corrected chi connectivity index (χ4v) is 3.98. The lowest BCUT2D eigenvalue weighted by atomic mass is 10.0. The maximum Gasteiger partial charge on any atom is 0.414 e. The van der Waals surface area contributed by atoms with Crippen molar-refractivity contribution in [1.82, 2.24) is 24.9 Å². The van der Waals surface area contributed by atoms with Crippen molar-refractivity contribution in [3.63, 3.8) is 0 Å². The molecule has 0 radical (unpaired) electrons. The van der Waals surface area contributed by atoms with E-state index in [1.54, 1.807) is 60.3 Å². The highest BCUT2D eigenvalue weighted by Gasteiger charge is 2.32. The molecule has 10 nitrogen and oxygen atoms in total. The van der Waals surface area contributed by atoms with Crippen LogP contribution in [0.2, 0.25) is 0 Å². The number of carbonyl (C=O) groups is 2. The zero-order chi connectivity index (χ0) is 24.5. The number of cyclic esters (lactones) is 1. The minimum Gasteiger partial charge on any atom is -0.496 e. The molecule has 0 spiro atoms. The number of amides is 2. The van der Waals surface area contributed by atoms with Crippen molar-refractivity contribution in [2.24, 2.45) is 0 Å². The number of halogens is 1. The smallest absolute Gasteiger partial charge is 0.414 e. The molecule has 0 unspecified atom stereocenters. The fourth-order valence-electron chi connectivity index (χ4n) is 3.98. The van der Waals surface area contributed by atoms with Gasteiger partial charge in [-0.05, 0) is 42.0 Å². The van der Waals surface area contributed by atoms with Crippen molar-refractivity contribution < 1.29 is 23.5 Å². The zero-order valence-corrected chi connectivity index (χ0v) is 18.9. The molecule has 1 aliphatic heterocycles. The van der Waals surface area contributed by atoms with E-state index in [1.807, 2.05) is 0 Å². The summed E-state index contributed by atoms with van der Waals surface area (Å²) < 4.78 is 27.8. The van der Waals surface area contributed by atoms with Gasteiger partial charge in [-0.15, -0.1) is 10.2 Å². The Morgan fingerprint density at radius 3 is 2.86 bits per heavy atom. The van der Waals surface area contributed by atoms with Gasteiger partial charge in [-0.1, -0.05) is 6.07 Å². The molecular weight excluding hydrogens is 455 g/mol. The summed E-state index contributed by atoms with van der Waals surface area (Å²) in [6.45, 7) is 1.79. The standard InChI is InChI=1S/C24H21FN6O4/c1-14(32)27-12-17-13-31(24(33)35-17)16-5-6-18(20(25)11-16)15-4-7-21(34-2)19(10-15)22-28-29-23-26-8-3-9-30(22)23/h3-11,17H,12-13H2,1-2H3,(H,27,32)/t17-/m0/s1. The quantitative estimate of drug-likeness (QED) is 0.455. The van der Waals surface area contributed by atoms with Crippen molar-refractivity contribution in [3.05, 3.63) is 60.7 Å². The van der Waals surface area contributed by atoms with Crippen molar-refractivity contribution in [2.45, 2.75) is 13.0 Å². The molecule has 1 saturated heterocycles. The van der Waals surface area contributed by atoms with Crippen LogP contribution in [0.4, 0.5) is 14.9 Å². The van der Waals surface area contributed by atoms with Crippen LogP contribution in [-0.2, 0) is 9.53 Å². The maximum atomic E-state index is 15.3. The molecule has 1 atom stereocenters. The number of rotatable bonds is 6. The van der Waals surface area contributed by atoms with Gasteiger partial charge in [-0.25, -0.2) is 14.2 Å². The van der Waals surface area contributed by atoms with E-state index in [2.05, 4.69) is 20.5 Å². The van der Waals surface area contributed by atoms with E-state index in [1.165, 1.54) is 17.9 Å². The van der Waals surface area contributed by atoms with Crippen LogP contribution in [0.5, 0.6) is 5.75 Å². The lowest BCUT2D eigenvalue weighted by Gasteiger charge is -2.15. The Morgan fingerprint density at radius 2 is 2.09 bits per heavy atom. The monoisotopic (exact) mass is 476 g/mol. The summed E-state index contributed by atoms with van der Waals surface area (Å²) in [5.41, 5.74) is 1.92. The van der Waals surface area contributed by atoms with Gasteiger partial charge < -0.3 is 14.8 Å². The van der Waals surface area contributed by atoms with E-state index in [4.69, 9.17) is 9.47 Å². The van der Waals surface area contributed by atoms with Gasteiger partial charge in [0.25, 0.3) is 5.78 Å². The van der Waals surface area contributed by atoms with Gasteiger partial charge in [0.15, 0.2) is 5.82 Å². The lowest BCUT2D eigenvalue weighted by Crippen LogP contribution is -2.33. The number of carbonyl (C=O) groups excluding carboxylic acids is 2. The Morgan fingerprint density at radius 1 is 1.23 bits per heavy atom. The molecule has 0 saturated carbocycles. The zero-order valence-electron chi connectivity index (χ0n) is 18.9.